The first-order valence-electron chi connectivity index (χ1n) is 5.62. The molecule has 0 radical (unpaired) electrons. The van der Waals surface area contributed by atoms with Crippen molar-refractivity contribution in [2.24, 2.45) is 0 Å². The van der Waals surface area contributed by atoms with E-state index >= 15 is 0 Å². The fourth-order valence-corrected chi connectivity index (χ4v) is 1.80. The van der Waals surface area contributed by atoms with E-state index in [9.17, 15) is 9.59 Å². The molecular formula is C12H14Cl2N2O3. The van der Waals surface area contributed by atoms with Gasteiger partial charge in [0.2, 0.25) is 5.91 Å². The minimum Gasteiger partial charge on any atom is -0.480 e. The maximum atomic E-state index is 11.7. The van der Waals surface area contributed by atoms with Gasteiger partial charge >= 0.3 is 5.97 Å². The average Bonchev–Trinajstić information content (AvgIpc) is 2.33. The number of carboxylic acid groups (broad SMARTS) is 1. The van der Waals surface area contributed by atoms with Crippen molar-refractivity contribution in [1.29, 1.82) is 0 Å². The van der Waals surface area contributed by atoms with Crippen molar-refractivity contribution in [1.82, 2.24) is 5.32 Å². The third kappa shape index (κ3) is 5.06. The molecule has 3 N–H and O–H groups in total. The second-order valence-corrected chi connectivity index (χ2v) is 4.72. The van der Waals surface area contributed by atoms with Crippen molar-refractivity contribution in [3.8, 4) is 0 Å². The summed E-state index contributed by atoms with van der Waals surface area (Å²) in [5, 5.41) is 14.7. The summed E-state index contributed by atoms with van der Waals surface area (Å²) in [5.41, 5.74) is 0.363. The van der Waals surface area contributed by atoms with Gasteiger partial charge in [-0.15, -0.1) is 0 Å². The predicted octanol–water partition coefficient (Wildman–Crippen LogP) is 2.38. The van der Waals surface area contributed by atoms with Crippen LogP contribution < -0.4 is 10.6 Å². The molecule has 19 heavy (non-hydrogen) atoms. The Balaban J connectivity index is 2.46. The van der Waals surface area contributed by atoms with Gasteiger partial charge in [0, 0.05) is 13.0 Å². The van der Waals surface area contributed by atoms with Crippen LogP contribution in [0.3, 0.4) is 0 Å². The van der Waals surface area contributed by atoms with E-state index in [4.69, 9.17) is 28.3 Å². The van der Waals surface area contributed by atoms with Crippen LogP contribution in [0.1, 0.15) is 13.3 Å². The zero-order valence-corrected chi connectivity index (χ0v) is 11.8. The first-order valence-corrected chi connectivity index (χ1v) is 6.37. The molecule has 0 unspecified atom stereocenters. The Kier molecular flexibility index (Phi) is 6.08. The maximum absolute atomic E-state index is 11.7. The number of hydrogen-bond donors (Lipinski definition) is 3. The molecule has 1 rings (SSSR count). The number of halogens is 2. The number of anilines is 1. The van der Waals surface area contributed by atoms with Crippen LogP contribution in [0.4, 0.5) is 5.69 Å². The van der Waals surface area contributed by atoms with Gasteiger partial charge < -0.3 is 15.7 Å². The molecule has 1 aromatic carbocycles. The fraction of sp³-hybridized carbons (Fsp3) is 0.333. The zero-order chi connectivity index (χ0) is 14.4. The first kappa shape index (κ1) is 15.8. The molecule has 1 amide bonds. The van der Waals surface area contributed by atoms with E-state index in [0.717, 1.165) is 0 Å². The van der Waals surface area contributed by atoms with Gasteiger partial charge in [0.25, 0.3) is 0 Å². The van der Waals surface area contributed by atoms with Gasteiger partial charge in [0.1, 0.15) is 6.04 Å². The summed E-state index contributed by atoms with van der Waals surface area (Å²) in [6.07, 6.45) is 0.124. The van der Waals surface area contributed by atoms with Crippen molar-refractivity contribution in [3.05, 3.63) is 28.2 Å². The zero-order valence-electron chi connectivity index (χ0n) is 10.2. The first-order chi connectivity index (χ1) is 8.91. The van der Waals surface area contributed by atoms with E-state index < -0.39 is 12.0 Å². The van der Waals surface area contributed by atoms with Gasteiger partial charge in [-0.3, -0.25) is 9.59 Å². The highest BCUT2D eigenvalue weighted by Crippen LogP contribution is 2.29. The van der Waals surface area contributed by atoms with Crippen molar-refractivity contribution in [2.45, 2.75) is 19.4 Å². The van der Waals surface area contributed by atoms with Crippen LogP contribution in [-0.2, 0) is 9.59 Å². The van der Waals surface area contributed by atoms with E-state index in [2.05, 4.69) is 10.6 Å². The maximum Gasteiger partial charge on any atom is 0.320 e. The topological polar surface area (TPSA) is 78.4 Å². The van der Waals surface area contributed by atoms with Gasteiger partial charge in [0.15, 0.2) is 0 Å². The lowest BCUT2D eigenvalue weighted by molar-refractivity contribution is -0.139. The van der Waals surface area contributed by atoms with Crippen molar-refractivity contribution in [2.75, 3.05) is 11.9 Å². The van der Waals surface area contributed by atoms with Crippen LogP contribution >= 0.6 is 23.2 Å². The molecule has 1 aromatic rings. The van der Waals surface area contributed by atoms with E-state index in [1.165, 1.54) is 6.92 Å². The van der Waals surface area contributed by atoms with Crippen LogP contribution in [0.15, 0.2) is 18.2 Å². The summed E-state index contributed by atoms with van der Waals surface area (Å²) in [5.74, 6) is -1.25. The number of hydrogen-bond acceptors (Lipinski definition) is 3. The number of carboxylic acids is 1. The molecule has 7 heteroatoms. The van der Waals surface area contributed by atoms with Gasteiger partial charge in [-0.05, 0) is 19.1 Å². The standard InChI is InChI=1S/C12H14Cl2N2O3/c1-7(12(18)19)15-6-5-10(17)16-11-8(13)3-2-4-9(11)14/h2-4,7,15H,5-6H2,1H3,(H,16,17)(H,18,19)/t7-/m1/s1. The monoisotopic (exact) mass is 304 g/mol. The fourth-order valence-electron chi connectivity index (χ4n) is 1.31. The number of nitrogens with one attached hydrogen (secondary N) is 2. The average molecular weight is 305 g/mol. The molecule has 104 valence electrons. The van der Waals surface area contributed by atoms with Gasteiger partial charge in [-0.2, -0.15) is 0 Å². The van der Waals surface area contributed by atoms with E-state index in [-0.39, 0.29) is 18.9 Å². The number of amides is 1. The second kappa shape index (κ2) is 7.33. The third-order valence-electron chi connectivity index (χ3n) is 2.40. The quantitative estimate of drug-likeness (QED) is 0.754. The molecule has 0 saturated heterocycles. The van der Waals surface area contributed by atoms with Gasteiger partial charge in [-0.25, -0.2) is 0 Å². The number of rotatable bonds is 6. The number of carbonyl (C=O) groups is 2. The lowest BCUT2D eigenvalue weighted by atomic mass is 10.3. The highest BCUT2D eigenvalue weighted by atomic mass is 35.5. The molecule has 0 spiro atoms. The molecule has 0 aliphatic carbocycles. The minimum atomic E-state index is -0.963. The number of para-hydroxylation sites is 1. The number of carbonyl (C=O) groups excluding carboxylic acids is 1. The lowest BCUT2D eigenvalue weighted by Gasteiger charge is -2.11. The Morgan fingerprint density at radius 3 is 2.42 bits per heavy atom. The minimum absolute atomic E-state index is 0.124. The van der Waals surface area contributed by atoms with Gasteiger partial charge in [-0.1, -0.05) is 29.3 Å². The summed E-state index contributed by atoms with van der Waals surface area (Å²) < 4.78 is 0. The highest BCUT2D eigenvalue weighted by molar-refractivity contribution is 6.39. The van der Waals surface area contributed by atoms with Crippen LogP contribution in [0.5, 0.6) is 0 Å². The number of aliphatic carboxylic acids is 1. The van der Waals surface area contributed by atoms with Crippen molar-refractivity contribution < 1.29 is 14.7 Å². The van der Waals surface area contributed by atoms with Crippen molar-refractivity contribution in [3.63, 3.8) is 0 Å². The number of benzene rings is 1. The lowest BCUT2D eigenvalue weighted by Crippen LogP contribution is -2.35. The highest BCUT2D eigenvalue weighted by Gasteiger charge is 2.12. The van der Waals surface area contributed by atoms with Gasteiger partial charge in [0.05, 0.1) is 15.7 Å². The largest absolute Gasteiger partial charge is 0.480 e. The van der Waals surface area contributed by atoms with Crippen LogP contribution in [0.25, 0.3) is 0 Å². The molecular weight excluding hydrogens is 291 g/mol. The molecule has 0 saturated carbocycles. The Labute approximate surface area is 120 Å². The Bertz CT molecular complexity index is 460. The SMILES string of the molecule is C[C@@H](NCCC(=O)Nc1c(Cl)cccc1Cl)C(=O)O. The molecule has 1 atom stereocenters. The third-order valence-corrected chi connectivity index (χ3v) is 3.03. The van der Waals surface area contributed by atoms with Crippen LogP contribution in [0.2, 0.25) is 10.0 Å². The summed E-state index contributed by atoms with van der Waals surface area (Å²) in [6, 6.07) is 4.22. The van der Waals surface area contributed by atoms with Crippen LogP contribution in [0, 0.1) is 0 Å². The normalized spacial score (nSPS) is 11.9. The summed E-state index contributed by atoms with van der Waals surface area (Å²) in [4.78, 5) is 22.2. The Morgan fingerprint density at radius 2 is 1.89 bits per heavy atom. The van der Waals surface area contributed by atoms with E-state index in [0.29, 0.717) is 15.7 Å². The van der Waals surface area contributed by atoms with Crippen LogP contribution in [-0.4, -0.2) is 29.6 Å². The molecule has 0 aromatic heterocycles. The molecule has 0 heterocycles. The van der Waals surface area contributed by atoms with Crippen molar-refractivity contribution >= 4 is 40.8 Å². The van der Waals surface area contributed by atoms with E-state index in [1.807, 2.05) is 0 Å². The Hall–Kier alpha value is -1.30. The molecule has 0 aliphatic rings. The summed E-state index contributed by atoms with van der Waals surface area (Å²) in [7, 11) is 0. The second-order valence-electron chi connectivity index (χ2n) is 3.91. The Morgan fingerprint density at radius 1 is 1.32 bits per heavy atom. The molecule has 0 fully saturated rings. The smallest absolute Gasteiger partial charge is 0.320 e. The van der Waals surface area contributed by atoms with E-state index in [1.54, 1.807) is 18.2 Å². The summed E-state index contributed by atoms with van der Waals surface area (Å²) in [6.45, 7) is 1.76. The molecule has 0 bridgehead atoms. The summed E-state index contributed by atoms with van der Waals surface area (Å²) >= 11 is 11.8. The molecule has 5 nitrogen and oxygen atoms in total. The molecule has 0 aliphatic heterocycles. The predicted molar refractivity (Wildman–Crippen MR) is 74.8 cm³/mol.